The Morgan fingerprint density at radius 1 is 0.750 bits per heavy atom. The monoisotopic (exact) mass is 468 g/mol. The molecular weight excluding hydrogens is 458 g/mol. The first-order chi connectivity index (χ1) is 13.1. The first-order valence-electron chi connectivity index (χ1n) is 7.48. The molecule has 0 saturated carbocycles. The van der Waals surface area contributed by atoms with Gasteiger partial charge >= 0.3 is 11.9 Å². The second-order valence-corrected chi connectivity index (χ2v) is 7.06. The highest BCUT2D eigenvalue weighted by molar-refractivity contribution is 6.38. The third kappa shape index (κ3) is 5.56. The maximum atomic E-state index is 11.9. The minimum atomic E-state index is -1.32. The molecule has 28 heavy (non-hydrogen) atoms. The Kier molecular flexibility index (Phi) is 7.63. The number of aliphatic hydroxyl groups excluding tert-OH is 1. The molecule has 7 nitrogen and oxygen atoms in total. The van der Waals surface area contributed by atoms with Gasteiger partial charge in [-0.25, -0.2) is 9.59 Å². The molecule has 0 aliphatic carbocycles. The highest BCUT2D eigenvalue weighted by atomic mass is 35.5. The summed E-state index contributed by atoms with van der Waals surface area (Å²) in [5.41, 5.74) is -0.0734. The number of halogens is 4. The maximum Gasteiger partial charge on any atom is 0.338 e. The second kappa shape index (κ2) is 9.54. The van der Waals surface area contributed by atoms with Gasteiger partial charge in [0.25, 0.3) is 0 Å². The zero-order chi connectivity index (χ0) is 21.0. The van der Waals surface area contributed by atoms with Crippen LogP contribution in [0.25, 0.3) is 0 Å². The van der Waals surface area contributed by atoms with Crippen LogP contribution in [0.1, 0.15) is 20.7 Å². The molecule has 0 atom stereocenters. The topological polar surface area (TPSA) is 113 Å². The Bertz CT molecular complexity index is 797. The predicted octanol–water partition coefficient (Wildman–Crippen LogP) is 4.09. The summed E-state index contributed by atoms with van der Waals surface area (Å²) in [4.78, 5) is 23.9. The van der Waals surface area contributed by atoms with E-state index in [1.54, 1.807) is 0 Å². The lowest BCUT2D eigenvalue weighted by Crippen LogP contribution is -2.25. The van der Waals surface area contributed by atoms with E-state index in [1.807, 2.05) is 0 Å². The summed E-state index contributed by atoms with van der Waals surface area (Å²) in [5, 5.41) is 28.2. The number of benzene rings is 2. The summed E-state index contributed by atoms with van der Waals surface area (Å²) in [6.45, 7) is -0.974. The van der Waals surface area contributed by atoms with Crippen molar-refractivity contribution in [1.82, 2.24) is 0 Å². The fraction of sp³-hybridized carbons (Fsp3) is 0.176. The van der Waals surface area contributed by atoms with E-state index in [9.17, 15) is 24.9 Å². The summed E-state index contributed by atoms with van der Waals surface area (Å²) >= 11 is 22.9. The van der Waals surface area contributed by atoms with Crippen LogP contribution < -0.4 is 0 Å². The maximum absolute atomic E-state index is 11.9. The van der Waals surface area contributed by atoms with Crippen molar-refractivity contribution >= 4 is 58.3 Å². The molecule has 3 N–H and O–H groups in total. The van der Waals surface area contributed by atoms with Crippen molar-refractivity contribution in [3.8, 4) is 11.5 Å². The van der Waals surface area contributed by atoms with Crippen molar-refractivity contribution in [2.45, 2.75) is 6.10 Å². The summed E-state index contributed by atoms with van der Waals surface area (Å²) in [7, 11) is 0. The van der Waals surface area contributed by atoms with Gasteiger partial charge < -0.3 is 24.8 Å². The van der Waals surface area contributed by atoms with Crippen LogP contribution in [0, 0.1) is 0 Å². The molecule has 11 heteroatoms. The zero-order valence-corrected chi connectivity index (χ0v) is 16.8. The van der Waals surface area contributed by atoms with E-state index in [0.717, 1.165) is 24.3 Å². The van der Waals surface area contributed by atoms with Crippen molar-refractivity contribution in [3.05, 3.63) is 55.5 Å². The summed E-state index contributed by atoms with van der Waals surface area (Å²) in [6, 6.07) is 4.59. The standard InChI is InChI=1S/C17H12Cl4O7/c18-10-1-7(2-11(19)14(10)23)16(25)27-5-9(22)6-28-17(26)8-3-12(20)15(24)13(21)4-8/h1-4,9,22-24H,5-6H2. The number of phenolic OH excluding ortho intramolecular Hbond substituents is 2. The normalized spacial score (nSPS) is 10.8. The van der Waals surface area contributed by atoms with Gasteiger partial charge in [-0.05, 0) is 24.3 Å². The van der Waals surface area contributed by atoms with E-state index < -0.39 is 31.3 Å². The van der Waals surface area contributed by atoms with Crippen LogP contribution in [0.4, 0.5) is 0 Å². The number of hydrogen-bond donors (Lipinski definition) is 3. The quantitative estimate of drug-likeness (QED) is 0.546. The van der Waals surface area contributed by atoms with Crippen LogP contribution >= 0.6 is 46.4 Å². The first-order valence-corrected chi connectivity index (χ1v) is 8.99. The smallest absolute Gasteiger partial charge is 0.338 e. The number of carbonyl (C=O) groups excluding carboxylic acids is 2. The van der Waals surface area contributed by atoms with Gasteiger partial charge in [0, 0.05) is 0 Å². The second-order valence-electron chi connectivity index (χ2n) is 5.43. The molecule has 2 aromatic rings. The largest absolute Gasteiger partial charge is 0.505 e. The van der Waals surface area contributed by atoms with Gasteiger partial charge in [-0.15, -0.1) is 0 Å². The number of phenols is 2. The number of esters is 2. The molecule has 0 unspecified atom stereocenters. The van der Waals surface area contributed by atoms with Crippen molar-refractivity contribution in [2.75, 3.05) is 13.2 Å². The average Bonchev–Trinajstić information content (AvgIpc) is 2.65. The lowest BCUT2D eigenvalue weighted by atomic mass is 10.2. The van der Waals surface area contributed by atoms with Crippen LogP contribution in [0.15, 0.2) is 24.3 Å². The number of carbonyl (C=O) groups is 2. The van der Waals surface area contributed by atoms with Crippen LogP contribution in [0.3, 0.4) is 0 Å². The van der Waals surface area contributed by atoms with Crippen LogP contribution in [-0.2, 0) is 9.47 Å². The Balaban J connectivity index is 1.88. The van der Waals surface area contributed by atoms with E-state index >= 15 is 0 Å². The Labute approximate surface area is 178 Å². The fourth-order valence-corrected chi connectivity index (χ4v) is 2.90. The van der Waals surface area contributed by atoms with Crippen molar-refractivity contribution in [2.24, 2.45) is 0 Å². The van der Waals surface area contributed by atoms with Gasteiger partial charge in [-0.1, -0.05) is 46.4 Å². The number of hydrogen-bond acceptors (Lipinski definition) is 7. The Morgan fingerprint density at radius 2 is 1.04 bits per heavy atom. The zero-order valence-electron chi connectivity index (χ0n) is 13.8. The van der Waals surface area contributed by atoms with E-state index in [1.165, 1.54) is 0 Å². The van der Waals surface area contributed by atoms with Gasteiger partial charge in [-0.3, -0.25) is 0 Å². The van der Waals surface area contributed by atoms with Gasteiger partial charge in [-0.2, -0.15) is 0 Å². The molecule has 0 spiro atoms. The SMILES string of the molecule is O=C(OCC(O)COC(=O)c1cc(Cl)c(O)c(Cl)c1)c1cc(Cl)c(O)c(Cl)c1. The third-order valence-electron chi connectivity index (χ3n) is 3.32. The van der Waals surface area contributed by atoms with Crippen LogP contribution in [-0.4, -0.2) is 46.6 Å². The van der Waals surface area contributed by atoms with Crippen LogP contribution in [0.5, 0.6) is 11.5 Å². The van der Waals surface area contributed by atoms with Gasteiger partial charge in [0.1, 0.15) is 19.3 Å². The lowest BCUT2D eigenvalue weighted by molar-refractivity contribution is -0.00469. The minimum absolute atomic E-state index is 0.0367. The minimum Gasteiger partial charge on any atom is -0.505 e. The molecule has 0 aromatic heterocycles. The van der Waals surface area contributed by atoms with Gasteiger partial charge in [0.15, 0.2) is 11.5 Å². The van der Waals surface area contributed by atoms with Gasteiger partial charge in [0.2, 0.25) is 0 Å². The van der Waals surface area contributed by atoms with Crippen molar-refractivity contribution < 1.29 is 34.4 Å². The molecular formula is C17H12Cl4O7. The van der Waals surface area contributed by atoms with Gasteiger partial charge in [0.05, 0.1) is 31.2 Å². The number of aliphatic hydroxyl groups is 1. The lowest BCUT2D eigenvalue weighted by Gasteiger charge is -2.13. The average molecular weight is 470 g/mol. The van der Waals surface area contributed by atoms with E-state index in [2.05, 4.69) is 0 Å². The predicted molar refractivity (Wildman–Crippen MR) is 103 cm³/mol. The molecule has 0 heterocycles. The number of ether oxygens (including phenoxy) is 2. The molecule has 0 amide bonds. The molecule has 2 aromatic carbocycles. The molecule has 0 bridgehead atoms. The summed E-state index contributed by atoms with van der Waals surface area (Å²) in [6.07, 6.45) is -1.32. The number of aromatic hydroxyl groups is 2. The highest BCUT2D eigenvalue weighted by Crippen LogP contribution is 2.33. The van der Waals surface area contributed by atoms with E-state index in [4.69, 9.17) is 55.9 Å². The first kappa shape index (κ1) is 22.4. The molecule has 0 fully saturated rings. The highest BCUT2D eigenvalue weighted by Gasteiger charge is 2.18. The Hall–Kier alpha value is -1.90. The molecule has 0 aliphatic rings. The molecule has 0 aliphatic heterocycles. The van der Waals surface area contributed by atoms with E-state index in [0.29, 0.717) is 0 Å². The molecule has 2 rings (SSSR count). The number of rotatable bonds is 6. The van der Waals surface area contributed by atoms with Crippen molar-refractivity contribution in [1.29, 1.82) is 0 Å². The fourth-order valence-electron chi connectivity index (χ4n) is 1.93. The van der Waals surface area contributed by atoms with Crippen molar-refractivity contribution in [3.63, 3.8) is 0 Å². The molecule has 0 radical (unpaired) electrons. The Morgan fingerprint density at radius 3 is 1.32 bits per heavy atom. The summed E-state index contributed by atoms with van der Waals surface area (Å²) in [5.74, 6) is -2.46. The third-order valence-corrected chi connectivity index (χ3v) is 4.47. The molecule has 0 saturated heterocycles. The van der Waals surface area contributed by atoms with Crippen LogP contribution in [0.2, 0.25) is 20.1 Å². The molecule has 150 valence electrons. The van der Waals surface area contributed by atoms with E-state index in [-0.39, 0.29) is 42.7 Å². The summed E-state index contributed by atoms with van der Waals surface area (Å²) < 4.78 is 9.75.